The number of methoxy groups -OCH3 is 2. The zero-order valence-corrected chi connectivity index (χ0v) is 15.8. The van der Waals surface area contributed by atoms with Crippen molar-refractivity contribution in [2.45, 2.75) is 19.4 Å². The summed E-state index contributed by atoms with van der Waals surface area (Å²) in [6, 6.07) is 9.52. The lowest BCUT2D eigenvalue weighted by Gasteiger charge is -2.34. The Kier molecular flexibility index (Phi) is 5.43. The smallest absolute Gasteiger partial charge is 0.180 e. The van der Waals surface area contributed by atoms with Crippen molar-refractivity contribution >= 4 is 11.6 Å². The normalized spacial score (nSPS) is 15.8. The molecule has 0 aliphatic carbocycles. The van der Waals surface area contributed by atoms with Gasteiger partial charge in [0, 0.05) is 6.54 Å². The summed E-state index contributed by atoms with van der Waals surface area (Å²) in [5.74, 6) is 1.89. The van der Waals surface area contributed by atoms with Gasteiger partial charge in [0.05, 0.1) is 31.9 Å². The molecule has 0 saturated carbocycles. The summed E-state index contributed by atoms with van der Waals surface area (Å²) < 4.78 is 16.4. The summed E-state index contributed by atoms with van der Waals surface area (Å²) in [6.45, 7) is 3.22. The third kappa shape index (κ3) is 3.25. The Balaban J connectivity index is 2.11. The minimum Gasteiger partial charge on any atom is -0.494 e. The first-order chi connectivity index (χ1) is 12.6. The molecular weight excluding hydrogens is 352 g/mol. The number of benzene rings is 2. The van der Waals surface area contributed by atoms with Crippen molar-refractivity contribution in [3.05, 3.63) is 52.0 Å². The first-order valence-corrected chi connectivity index (χ1v) is 8.84. The fourth-order valence-electron chi connectivity index (χ4n) is 3.42. The predicted molar refractivity (Wildman–Crippen MR) is 100 cm³/mol. The van der Waals surface area contributed by atoms with E-state index in [0.717, 1.165) is 23.3 Å². The number of halogens is 1. The third-order valence-corrected chi connectivity index (χ3v) is 4.83. The largest absolute Gasteiger partial charge is 0.494 e. The van der Waals surface area contributed by atoms with Gasteiger partial charge in [-0.15, -0.1) is 0 Å². The average Bonchev–Trinajstić information content (AvgIpc) is 2.66. The second kappa shape index (κ2) is 7.76. The molecule has 1 aliphatic rings. The van der Waals surface area contributed by atoms with Crippen LogP contribution in [0.5, 0.6) is 17.2 Å². The van der Waals surface area contributed by atoms with E-state index in [9.17, 15) is 5.26 Å². The lowest BCUT2D eigenvalue weighted by atomic mass is 9.88. The monoisotopic (exact) mass is 372 g/mol. The Morgan fingerprint density at radius 1 is 1.23 bits per heavy atom. The van der Waals surface area contributed by atoms with Crippen LogP contribution < -0.4 is 14.2 Å². The lowest BCUT2D eigenvalue weighted by Crippen LogP contribution is -2.32. The highest BCUT2D eigenvalue weighted by Crippen LogP contribution is 2.42. The van der Waals surface area contributed by atoms with E-state index in [1.165, 1.54) is 5.56 Å². The molecule has 0 saturated heterocycles. The topological polar surface area (TPSA) is 54.7 Å². The first-order valence-electron chi connectivity index (χ1n) is 8.46. The van der Waals surface area contributed by atoms with Crippen molar-refractivity contribution in [3.63, 3.8) is 0 Å². The van der Waals surface area contributed by atoms with E-state index in [4.69, 9.17) is 25.8 Å². The molecule has 26 heavy (non-hydrogen) atoms. The SMILES string of the molecule is CCOc1ccc2c(c1)CCN(C#N)C2c1cc(Cl)c(OC)c(OC)c1. The molecule has 2 aromatic rings. The number of nitriles is 1. The highest BCUT2D eigenvalue weighted by atomic mass is 35.5. The molecule has 0 aromatic heterocycles. The van der Waals surface area contributed by atoms with Crippen LogP contribution in [-0.2, 0) is 6.42 Å². The van der Waals surface area contributed by atoms with E-state index < -0.39 is 0 Å². The zero-order valence-electron chi connectivity index (χ0n) is 15.1. The minimum absolute atomic E-state index is 0.225. The second-order valence-corrected chi connectivity index (χ2v) is 6.38. The van der Waals surface area contributed by atoms with Gasteiger partial charge in [-0.05, 0) is 54.3 Å². The molecule has 2 aromatic carbocycles. The van der Waals surface area contributed by atoms with Crippen LogP contribution in [0.1, 0.15) is 29.7 Å². The predicted octanol–water partition coefficient (Wildman–Crippen LogP) is 4.18. The van der Waals surface area contributed by atoms with E-state index in [-0.39, 0.29) is 6.04 Å². The molecule has 1 atom stereocenters. The van der Waals surface area contributed by atoms with Gasteiger partial charge in [-0.25, -0.2) is 0 Å². The first kappa shape index (κ1) is 18.2. The number of hydrogen-bond acceptors (Lipinski definition) is 5. The summed E-state index contributed by atoms with van der Waals surface area (Å²) in [7, 11) is 3.12. The van der Waals surface area contributed by atoms with Crippen molar-refractivity contribution in [1.82, 2.24) is 4.90 Å². The van der Waals surface area contributed by atoms with Gasteiger partial charge in [0.25, 0.3) is 0 Å². The number of nitrogens with zero attached hydrogens (tertiary/aromatic N) is 2. The second-order valence-electron chi connectivity index (χ2n) is 5.98. The number of ether oxygens (including phenoxy) is 3. The van der Waals surface area contributed by atoms with Crippen LogP contribution in [0, 0.1) is 11.5 Å². The van der Waals surface area contributed by atoms with Crippen LogP contribution in [0.15, 0.2) is 30.3 Å². The molecule has 1 aliphatic heterocycles. The van der Waals surface area contributed by atoms with Crippen molar-refractivity contribution in [1.29, 1.82) is 5.26 Å². The molecule has 0 fully saturated rings. The Labute approximate surface area is 158 Å². The Morgan fingerprint density at radius 2 is 2.04 bits per heavy atom. The van der Waals surface area contributed by atoms with Crippen molar-refractivity contribution < 1.29 is 14.2 Å². The van der Waals surface area contributed by atoms with Gasteiger partial charge in [0.2, 0.25) is 0 Å². The molecule has 6 heteroatoms. The zero-order chi connectivity index (χ0) is 18.7. The Morgan fingerprint density at radius 3 is 2.69 bits per heavy atom. The molecular formula is C20H21ClN2O3. The van der Waals surface area contributed by atoms with E-state index in [2.05, 4.69) is 12.3 Å². The maximum Gasteiger partial charge on any atom is 0.180 e. The molecule has 0 bridgehead atoms. The molecule has 5 nitrogen and oxygen atoms in total. The summed E-state index contributed by atoms with van der Waals surface area (Å²) in [5, 5.41) is 10.1. The van der Waals surface area contributed by atoms with Crippen LogP contribution >= 0.6 is 11.6 Å². The van der Waals surface area contributed by atoms with Gasteiger partial charge in [-0.3, -0.25) is 4.90 Å². The van der Waals surface area contributed by atoms with Crippen LogP contribution in [0.4, 0.5) is 0 Å². The minimum atomic E-state index is -0.225. The lowest BCUT2D eigenvalue weighted by molar-refractivity contribution is 0.309. The van der Waals surface area contributed by atoms with Gasteiger partial charge in [-0.2, -0.15) is 5.26 Å². The van der Waals surface area contributed by atoms with Crippen molar-refractivity contribution in [2.24, 2.45) is 0 Å². The molecule has 136 valence electrons. The summed E-state index contributed by atoms with van der Waals surface area (Å²) >= 11 is 6.39. The molecule has 0 spiro atoms. The summed E-state index contributed by atoms with van der Waals surface area (Å²) in [6.07, 6.45) is 3.10. The molecule has 1 heterocycles. The number of hydrogen-bond donors (Lipinski definition) is 0. The van der Waals surface area contributed by atoms with Gasteiger partial charge in [0.1, 0.15) is 5.75 Å². The fourth-order valence-corrected chi connectivity index (χ4v) is 3.72. The molecule has 0 amide bonds. The van der Waals surface area contributed by atoms with Crippen molar-refractivity contribution in [2.75, 3.05) is 27.4 Å². The van der Waals surface area contributed by atoms with E-state index in [0.29, 0.717) is 29.7 Å². The number of rotatable bonds is 5. The van der Waals surface area contributed by atoms with E-state index >= 15 is 0 Å². The van der Waals surface area contributed by atoms with Crippen LogP contribution in [-0.4, -0.2) is 32.3 Å². The molecule has 3 rings (SSSR count). The van der Waals surface area contributed by atoms with Crippen LogP contribution in [0.2, 0.25) is 5.02 Å². The van der Waals surface area contributed by atoms with Gasteiger partial charge >= 0.3 is 0 Å². The molecule has 0 N–H and O–H groups in total. The summed E-state index contributed by atoms with van der Waals surface area (Å²) in [5.41, 5.74) is 3.14. The number of fused-ring (bicyclic) bond motifs is 1. The maximum atomic E-state index is 9.65. The fraction of sp³-hybridized carbons (Fsp3) is 0.350. The molecule has 0 radical (unpaired) electrons. The Bertz CT molecular complexity index is 848. The van der Waals surface area contributed by atoms with Gasteiger partial charge in [0.15, 0.2) is 17.7 Å². The van der Waals surface area contributed by atoms with Crippen LogP contribution in [0.25, 0.3) is 0 Å². The van der Waals surface area contributed by atoms with E-state index in [1.807, 2.05) is 31.2 Å². The maximum absolute atomic E-state index is 9.65. The molecule has 1 unspecified atom stereocenters. The highest BCUT2D eigenvalue weighted by Gasteiger charge is 2.30. The van der Waals surface area contributed by atoms with Gasteiger partial charge < -0.3 is 14.2 Å². The van der Waals surface area contributed by atoms with Crippen molar-refractivity contribution in [3.8, 4) is 23.4 Å². The van der Waals surface area contributed by atoms with Crippen LogP contribution in [0.3, 0.4) is 0 Å². The van der Waals surface area contributed by atoms with Gasteiger partial charge in [-0.1, -0.05) is 17.7 Å². The third-order valence-electron chi connectivity index (χ3n) is 4.55. The standard InChI is InChI=1S/C20H21ClN2O3/c1-4-26-15-5-6-16-13(9-15)7-8-23(12-22)19(16)14-10-17(21)20(25-3)18(11-14)24-2/h5-6,9-11,19H,4,7-8H2,1-3H3. The Hall–Kier alpha value is -2.58. The quantitative estimate of drug-likeness (QED) is 0.737. The average molecular weight is 373 g/mol. The van der Waals surface area contributed by atoms with E-state index in [1.54, 1.807) is 19.1 Å². The summed E-state index contributed by atoms with van der Waals surface area (Å²) in [4.78, 5) is 1.76. The highest BCUT2D eigenvalue weighted by molar-refractivity contribution is 6.32.